The van der Waals surface area contributed by atoms with Crippen LogP contribution in [0, 0.1) is 12.8 Å². The number of aliphatic carboxylic acids is 1. The van der Waals surface area contributed by atoms with Crippen molar-refractivity contribution < 1.29 is 9.90 Å². The van der Waals surface area contributed by atoms with Crippen LogP contribution in [0.4, 0.5) is 0 Å². The maximum atomic E-state index is 11.0. The number of aryl methyl sites for hydroxylation is 1. The van der Waals surface area contributed by atoms with E-state index in [4.69, 9.17) is 5.11 Å². The first kappa shape index (κ1) is 10.0. The highest BCUT2D eigenvalue weighted by molar-refractivity contribution is 5.72. The van der Waals surface area contributed by atoms with Gasteiger partial charge in [-0.05, 0) is 18.6 Å². The molecule has 1 aromatic rings. The molecule has 0 saturated carbocycles. The molecule has 0 aromatic carbocycles. The third-order valence-corrected chi connectivity index (χ3v) is 2.88. The van der Waals surface area contributed by atoms with Crippen molar-refractivity contribution in [2.45, 2.75) is 12.8 Å². The lowest BCUT2D eigenvalue weighted by Crippen LogP contribution is -2.21. The van der Waals surface area contributed by atoms with Crippen molar-refractivity contribution in [1.82, 2.24) is 15.5 Å². The fraction of sp³-hybridized carbons (Fsp3) is 0.500. The number of hydrogen-bond acceptors (Lipinski definition) is 4. The van der Waals surface area contributed by atoms with Gasteiger partial charge in [-0.15, -0.1) is 0 Å². The summed E-state index contributed by atoms with van der Waals surface area (Å²) in [4.78, 5) is 11.0. The second-order valence-electron chi connectivity index (χ2n) is 3.78. The fourth-order valence-electron chi connectivity index (χ4n) is 2.07. The van der Waals surface area contributed by atoms with Crippen LogP contribution in [0.1, 0.15) is 17.2 Å². The SMILES string of the molecule is Cc1nnccc1C1CNCC1C(=O)O. The first-order chi connectivity index (χ1) is 7.20. The zero-order chi connectivity index (χ0) is 10.8. The van der Waals surface area contributed by atoms with E-state index in [1.165, 1.54) is 0 Å². The third kappa shape index (κ3) is 1.83. The number of nitrogens with one attached hydrogen (secondary N) is 1. The molecule has 0 spiro atoms. The minimum absolute atomic E-state index is 0.0120. The van der Waals surface area contributed by atoms with Gasteiger partial charge in [0.05, 0.1) is 11.6 Å². The van der Waals surface area contributed by atoms with Gasteiger partial charge in [0.1, 0.15) is 0 Å². The molecule has 1 aliphatic heterocycles. The molecule has 0 radical (unpaired) electrons. The number of aromatic nitrogens is 2. The van der Waals surface area contributed by atoms with Crippen molar-refractivity contribution >= 4 is 5.97 Å². The molecule has 5 nitrogen and oxygen atoms in total. The molecule has 1 saturated heterocycles. The Morgan fingerprint density at radius 2 is 2.40 bits per heavy atom. The number of hydrogen-bond donors (Lipinski definition) is 2. The minimum Gasteiger partial charge on any atom is -0.481 e. The maximum Gasteiger partial charge on any atom is 0.308 e. The highest BCUT2D eigenvalue weighted by Crippen LogP contribution is 2.29. The van der Waals surface area contributed by atoms with E-state index < -0.39 is 5.97 Å². The second-order valence-corrected chi connectivity index (χ2v) is 3.78. The van der Waals surface area contributed by atoms with Crippen molar-refractivity contribution in [3.63, 3.8) is 0 Å². The van der Waals surface area contributed by atoms with E-state index in [9.17, 15) is 4.79 Å². The molecule has 80 valence electrons. The van der Waals surface area contributed by atoms with Crippen LogP contribution in [-0.4, -0.2) is 34.4 Å². The van der Waals surface area contributed by atoms with Crippen molar-refractivity contribution in [1.29, 1.82) is 0 Å². The van der Waals surface area contributed by atoms with Crippen LogP contribution in [0.15, 0.2) is 12.3 Å². The Kier molecular flexibility index (Phi) is 2.64. The van der Waals surface area contributed by atoms with E-state index >= 15 is 0 Å². The largest absolute Gasteiger partial charge is 0.481 e. The molecular formula is C10H13N3O2. The zero-order valence-electron chi connectivity index (χ0n) is 8.47. The van der Waals surface area contributed by atoms with Crippen LogP contribution < -0.4 is 5.32 Å². The highest BCUT2D eigenvalue weighted by atomic mass is 16.4. The Morgan fingerprint density at radius 3 is 3.07 bits per heavy atom. The summed E-state index contributed by atoms with van der Waals surface area (Å²) in [5, 5.41) is 19.9. The number of carboxylic acid groups (broad SMARTS) is 1. The summed E-state index contributed by atoms with van der Waals surface area (Å²) < 4.78 is 0. The Morgan fingerprint density at radius 1 is 1.60 bits per heavy atom. The molecule has 1 aromatic heterocycles. The van der Waals surface area contributed by atoms with Gasteiger partial charge in [0, 0.05) is 25.2 Å². The average molecular weight is 207 g/mol. The molecule has 2 unspecified atom stereocenters. The zero-order valence-corrected chi connectivity index (χ0v) is 8.47. The molecule has 2 N–H and O–H groups in total. The van der Waals surface area contributed by atoms with Gasteiger partial charge >= 0.3 is 5.97 Å². The molecule has 2 heterocycles. The first-order valence-corrected chi connectivity index (χ1v) is 4.92. The van der Waals surface area contributed by atoms with Gasteiger partial charge in [0.15, 0.2) is 0 Å². The molecule has 15 heavy (non-hydrogen) atoms. The minimum atomic E-state index is -0.749. The highest BCUT2D eigenvalue weighted by Gasteiger charge is 2.34. The quantitative estimate of drug-likeness (QED) is 0.723. The molecule has 1 aliphatic rings. The van der Waals surface area contributed by atoms with Gasteiger partial charge in [0.25, 0.3) is 0 Å². The first-order valence-electron chi connectivity index (χ1n) is 4.92. The lowest BCUT2D eigenvalue weighted by Gasteiger charge is -2.15. The van der Waals surface area contributed by atoms with E-state index in [0.29, 0.717) is 13.1 Å². The van der Waals surface area contributed by atoms with Gasteiger partial charge in [0.2, 0.25) is 0 Å². The van der Waals surface area contributed by atoms with E-state index in [1.54, 1.807) is 6.20 Å². The molecule has 5 heteroatoms. The molecule has 0 bridgehead atoms. The van der Waals surface area contributed by atoms with E-state index in [-0.39, 0.29) is 11.8 Å². The fourth-order valence-corrected chi connectivity index (χ4v) is 2.07. The molecule has 2 atom stereocenters. The molecular weight excluding hydrogens is 194 g/mol. The van der Waals surface area contributed by atoms with Gasteiger partial charge in [-0.3, -0.25) is 4.79 Å². The van der Waals surface area contributed by atoms with Crippen molar-refractivity contribution in [3.05, 3.63) is 23.5 Å². The van der Waals surface area contributed by atoms with Gasteiger partial charge in [-0.25, -0.2) is 0 Å². The predicted octanol–water partition coefficient (Wildman–Crippen LogP) is 0.173. The van der Waals surface area contributed by atoms with Crippen molar-refractivity contribution in [2.75, 3.05) is 13.1 Å². The van der Waals surface area contributed by atoms with Crippen molar-refractivity contribution in [3.8, 4) is 0 Å². The predicted molar refractivity (Wildman–Crippen MR) is 53.5 cm³/mol. The van der Waals surface area contributed by atoms with Crippen LogP contribution in [-0.2, 0) is 4.79 Å². The lowest BCUT2D eigenvalue weighted by atomic mass is 9.88. The van der Waals surface area contributed by atoms with E-state index in [1.807, 2.05) is 13.0 Å². The summed E-state index contributed by atoms with van der Waals surface area (Å²) in [6.07, 6.45) is 1.61. The van der Waals surface area contributed by atoms with Gasteiger partial charge < -0.3 is 10.4 Å². The molecule has 2 rings (SSSR count). The van der Waals surface area contributed by atoms with Crippen LogP contribution in [0.5, 0.6) is 0 Å². The monoisotopic (exact) mass is 207 g/mol. The third-order valence-electron chi connectivity index (χ3n) is 2.88. The summed E-state index contributed by atoms with van der Waals surface area (Å²) >= 11 is 0. The maximum absolute atomic E-state index is 11.0. The number of carbonyl (C=O) groups is 1. The van der Waals surface area contributed by atoms with E-state index in [2.05, 4.69) is 15.5 Å². The summed E-state index contributed by atoms with van der Waals surface area (Å²) in [7, 11) is 0. The summed E-state index contributed by atoms with van der Waals surface area (Å²) in [5.74, 6) is -1.09. The Labute approximate surface area is 87.5 Å². The Balaban J connectivity index is 2.30. The molecule has 1 fully saturated rings. The van der Waals surface area contributed by atoms with Gasteiger partial charge in [-0.1, -0.05) is 0 Å². The number of rotatable bonds is 2. The van der Waals surface area contributed by atoms with Crippen LogP contribution in [0.3, 0.4) is 0 Å². The lowest BCUT2D eigenvalue weighted by molar-refractivity contribution is -0.141. The Bertz CT molecular complexity index is 381. The van der Waals surface area contributed by atoms with Crippen LogP contribution in [0.25, 0.3) is 0 Å². The number of nitrogens with zero attached hydrogens (tertiary/aromatic N) is 2. The molecule has 0 amide bonds. The second kappa shape index (κ2) is 3.94. The van der Waals surface area contributed by atoms with Gasteiger partial charge in [-0.2, -0.15) is 10.2 Å². The normalized spacial score (nSPS) is 25.4. The van der Waals surface area contributed by atoms with E-state index in [0.717, 1.165) is 11.3 Å². The van der Waals surface area contributed by atoms with Crippen molar-refractivity contribution in [2.24, 2.45) is 5.92 Å². The molecule has 0 aliphatic carbocycles. The summed E-state index contributed by atoms with van der Waals surface area (Å²) in [5.41, 5.74) is 1.81. The number of carboxylic acids is 1. The smallest absolute Gasteiger partial charge is 0.308 e. The van der Waals surface area contributed by atoms with Crippen LogP contribution >= 0.6 is 0 Å². The standard InChI is InChI=1S/C10H13N3O2/c1-6-7(2-3-12-13-6)8-4-11-5-9(8)10(14)15/h2-3,8-9,11H,4-5H2,1H3,(H,14,15). The van der Waals surface area contributed by atoms with Crippen LogP contribution in [0.2, 0.25) is 0 Å². The summed E-state index contributed by atoms with van der Waals surface area (Å²) in [6, 6.07) is 1.86. The topological polar surface area (TPSA) is 75.1 Å². The summed E-state index contributed by atoms with van der Waals surface area (Å²) in [6.45, 7) is 3.09. The average Bonchev–Trinajstić information content (AvgIpc) is 2.67. The Hall–Kier alpha value is -1.49.